The van der Waals surface area contributed by atoms with Crippen molar-refractivity contribution in [1.29, 1.82) is 0 Å². The summed E-state index contributed by atoms with van der Waals surface area (Å²) in [4.78, 5) is 22.5. The molecule has 1 heterocycles. The summed E-state index contributed by atoms with van der Waals surface area (Å²) < 4.78 is 0. The number of nitrogens with one attached hydrogen (secondary N) is 2. The third-order valence-electron chi connectivity index (χ3n) is 3.43. The highest BCUT2D eigenvalue weighted by atomic mass is 16.6. The minimum Gasteiger partial charge on any atom is -0.325 e. The predicted molar refractivity (Wildman–Crippen MR) is 72.1 cm³/mol. The van der Waals surface area contributed by atoms with E-state index < -0.39 is 4.92 Å². The lowest BCUT2D eigenvalue weighted by Crippen LogP contribution is -2.37. The van der Waals surface area contributed by atoms with Gasteiger partial charge in [-0.1, -0.05) is 6.07 Å². The van der Waals surface area contributed by atoms with Gasteiger partial charge in [0.1, 0.15) is 0 Å². The zero-order chi connectivity index (χ0) is 13.8. The minimum atomic E-state index is -0.437. The van der Waals surface area contributed by atoms with Crippen molar-refractivity contribution in [2.24, 2.45) is 5.92 Å². The Bertz CT molecular complexity index is 496. The van der Waals surface area contributed by atoms with Gasteiger partial charge in [0.05, 0.1) is 22.1 Å². The summed E-state index contributed by atoms with van der Waals surface area (Å²) in [5, 5.41) is 16.8. The Morgan fingerprint density at radius 2 is 2.32 bits per heavy atom. The Kier molecular flexibility index (Phi) is 4.11. The number of piperidine rings is 1. The number of nitro groups is 1. The third kappa shape index (κ3) is 3.08. The normalized spacial score (nSPS) is 18.9. The van der Waals surface area contributed by atoms with Crippen molar-refractivity contribution in [2.75, 3.05) is 18.4 Å². The number of benzene rings is 1. The second kappa shape index (κ2) is 5.79. The number of nitro benzene ring substituents is 1. The average molecular weight is 263 g/mol. The Balaban J connectivity index is 2.12. The fraction of sp³-hybridized carbons (Fsp3) is 0.462. The summed E-state index contributed by atoms with van der Waals surface area (Å²) in [7, 11) is 0. The van der Waals surface area contributed by atoms with Gasteiger partial charge in [-0.25, -0.2) is 0 Å². The third-order valence-corrected chi connectivity index (χ3v) is 3.43. The topological polar surface area (TPSA) is 84.3 Å². The van der Waals surface area contributed by atoms with Crippen LogP contribution in [0.15, 0.2) is 18.2 Å². The molecule has 2 N–H and O–H groups in total. The molecular formula is C13H17N3O3. The summed E-state index contributed by atoms with van der Waals surface area (Å²) in [6, 6.07) is 4.71. The number of amides is 1. The molecule has 1 aromatic rings. The van der Waals surface area contributed by atoms with Crippen LogP contribution in [0.4, 0.5) is 11.4 Å². The number of rotatable bonds is 3. The Hall–Kier alpha value is -1.95. The van der Waals surface area contributed by atoms with Crippen molar-refractivity contribution < 1.29 is 9.72 Å². The number of anilines is 1. The molecule has 0 radical (unpaired) electrons. The van der Waals surface area contributed by atoms with E-state index in [0.717, 1.165) is 19.4 Å². The van der Waals surface area contributed by atoms with Gasteiger partial charge >= 0.3 is 0 Å². The van der Waals surface area contributed by atoms with Gasteiger partial charge in [-0.15, -0.1) is 0 Å². The molecular weight excluding hydrogens is 246 g/mol. The van der Waals surface area contributed by atoms with Crippen LogP contribution in [0.1, 0.15) is 18.4 Å². The quantitative estimate of drug-likeness (QED) is 0.643. The summed E-state index contributed by atoms with van der Waals surface area (Å²) in [6.07, 6.45) is 1.83. The van der Waals surface area contributed by atoms with Gasteiger partial charge in [0.25, 0.3) is 5.69 Å². The van der Waals surface area contributed by atoms with Crippen molar-refractivity contribution in [2.45, 2.75) is 19.8 Å². The standard InChI is InChI=1S/C13H17N3O3/c1-9-11(5-2-6-12(9)16(18)19)15-13(17)10-4-3-7-14-8-10/h2,5-6,10,14H,3-4,7-8H2,1H3,(H,15,17)/t10-/m0/s1. The van der Waals surface area contributed by atoms with Crippen molar-refractivity contribution in [1.82, 2.24) is 5.32 Å². The number of hydrogen-bond donors (Lipinski definition) is 2. The zero-order valence-corrected chi connectivity index (χ0v) is 10.8. The summed E-state index contributed by atoms with van der Waals surface area (Å²) in [6.45, 7) is 3.26. The van der Waals surface area contributed by atoms with Crippen LogP contribution in [0.25, 0.3) is 0 Å². The van der Waals surface area contributed by atoms with Crippen molar-refractivity contribution >= 4 is 17.3 Å². The first kappa shape index (κ1) is 13.5. The Morgan fingerprint density at radius 3 is 2.95 bits per heavy atom. The number of carbonyl (C=O) groups is 1. The van der Waals surface area contributed by atoms with Crippen LogP contribution in [0.2, 0.25) is 0 Å². The van der Waals surface area contributed by atoms with Gasteiger partial charge in [0.2, 0.25) is 5.91 Å². The van der Waals surface area contributed by atoms with Crippen LogP contribution in [-0.2, 0) is 4.79 Å². The highest BCUT2D eigenvalue weighted by Crippen LogP contribution is 2.25. The fourth-order valence-electron chi connectivity index (χ4n) is 2.27. The first-order chi connectivity index (χ1) is 9.09. The molecule has 19 heavy (non-hydrogen) atoms. The van der Waals surface area contributed by atoms with Crippen LogP contribution >= 0.6 is 0 Å². The van der Waals surface area contributed by atoms with E-state index in [9.17, 15) is 14.9 Å². The molecule has 1 aliphatic rings. The van der Waals surface area contributed by atoms with Crippen LogP contribution in [0.5, 0.6) is 0 Å². The second-order valence-corrected chi connectivity index (χ2v) is 4.74. The first-order valence-electron chi connectivity index (χ1n) is 6.35. The molecule has 0 unspecified atom stereocenters. The average Bonchev–Trinajstić information content (AvgIpc) is 2.41. The summed E-state index contributed by atoms with van der Waals surface area (Å²) >= 11 is 0. The molecule has 0 aromatic heterocycles. The molecule has 1 amide bonds. The molecule has 0 bridgehead atoms. The lowest BCUT2D eigenvalue weighted by Gasteiger charge is -2.22. The van der Waals surface area contributed by atoms with Crippen LogP contribution in [0.3, 0.4) is 0 Å². The van der Waals surface area contributed by atoms with Gasteiger partial charge in [-0.3, -0.25) is 14.9 Å². The highest BCUT2D eigenvalue weighted by Gasteiger charge is 2.22. The van der Waals surface area contributed by atoms with Gasteiger partial charge in [-0.05, 0) is 32.4 Å². The molecule has 102 valence electrons. The largest absolute Gasteiger partial charge is 0.325 e. The van der Waals surface area contributed by atoms with Crippen LogP contribution in [-0.4, -0.2) is 23.9 Å². The molecule has 1 atom stereocenters. The smallest absolute Gasteiger partial charge is 0.274 e. The molecule has 0 spiro atoms. The second-order valence-electron chi connectivity index (χ2n) is 4.74. The maximum absolute atomic E-state index is 12.1. The molecule has 6 heteroatoms. The van der Waals surface area contributed by atoms with E-state index in [1.54, 1.807) is 19.1 Å². The van der Waals surface area contributed by atoms with E-state index in [-0.39, 0.29) is 17.5 Å². The van der Waals surface area contributed by atoms with E-state index in [1.807, 2.05) is 0 Å². The summed E-state index contributed by atoms with van der Waals surface area (Å²) in [5.74, 6) is -0.136. The van der Waals surface area contributed by atoms with E-state index in [2.05, 4.69) is 10.6 Å². The molecule has 2 rings (SSSR count). The molecule has 1 aromatic carbocycles. The van der Waals surface area contributed by atoms with E-state index >= 15 is 0 Å². The molecule has 0 aliphatic carbocycles. The SMILES string of the molecule is Cc1c(NC(=O)[C@H]2CCCNC2)cccc1[N+](=O)[O-]. The Morgan fingerprint density at radius 1 is 1.53 bits per heavy atom. The van der Waals surface area contributed by atoms with Gasteiger partial charge in [-0.2, -0.15) is 0 Å². The van der Waals surface area contributed by atoms with E-state index in [0.29, 0.717) is 17.8 Å². The number of hydrogen-bond acceptors (Lipinski definition) is 4. The molecule has 6 nitrogen and oxygen atoms in total. The minimum absolute atomic E-state index is 0.0274. The van der Waals surface area contributed by atoms with Gasteiger partial charge in [0.15, 0.2) is 0 Å². The summed E-state index contributed by atoms with van der Waals surface area (Å²) in [5.41, 5.74) is 1.04. The number of carbonyl (C=O) groups excluding carboxylic acids is 1. The van der Waals surface area contributed by atoms with Crippen molar-refractivity contribution in [3.63, 3.8) is 0 Å². The maximum atomic E-state index is 12.1. The van der Waals surface area contributed by atoms with Gasteiger partial charge in [0, 0.05) is 12.6 Å². The Labute approximate surface area is 111 Å². The fourth-order valence-corrected chi connectivity index (χ4v) is 2.27. The monoisotopic (exact) mass is 263 g/mol. The predicted octanol–water partition coefficient (Wildman–Crippen LogP) is 1.84. The first-order valence-corrected chi connectivity index (χ1v) is 6.35. The molecule has 1 aliphatic heterocycles. The zero-order valence-electron chi connectivity index (χ0n) is 10.8. The van der Waals surface area contributed by atoms with E-state index in [1.165, 1.54) is 6.07 Å². The molecule has 1 fully saturated rings. The number of nitrogens with zero attached hydrogens (tertiary/aromatic N) is 1. The van der Waals surface area contributed by atoms with Crippen LogP contribution in [0, 0.1) is 23.0 Å². The van der Waals surface area contributed by atoms with E-state index in [4.69, 9.17) is 0 Å². The van der Waals surface area contributed by atoms with Crippen molar-refractivity contribution in [3.05, 3.63) is 33.9 Å². The maximum Gasteiger partial charge on any atom is 0.274 e. The van der Waals surface area contributed by atoms with Gasteiger partial charge < -0.3 is 10.6 Å². The van der Waals surface area contributed by atoms with Crippen molar-refractivity contribution in [3.8, 4) is 0 Å². The van der Waals surface area contributed by atoms with Crippen LogP contribution < -0.4 is 10.6 Å². The lowest BCUT2D eigenvalue weighted by molar-refractivity contribution is -0.385. The molecule has 1 saturated heterocycles. The highest BCUT2D eigenvalue weighted by molar-refractivity contribution is 5.94. The lowest BCUT2D eigenvalue weighted by atomic mass is 9.98. The molecule has 0 saturated carbocycles.